The molecule has 9 heteroatoms. The standard InChI is InChI=1S/C26H25N5O4/c1-17(16-33-3)34-21-13-19(24-29-23-5-4-11-28-25(23)30-24)14-22(15-21)35-20-8-6-18(7-9-20)26(32)31(2)12-10-27/h4-9,11,13-15,17H,12,16H2,1-3H3,(H,28,29,30)/t17-/m0/s1. The van der Waals surface area contributed by atoms with Crippen molar-refractivity contribution in [3.8, 4) is 34.7 Å². The second-order valence-electron chi connectivity index (χ2n) is 7.98. The first kappa shape index (κ1) is 23.7. The third-order valence-corrected chi connectivity index (χ3v) is 5.14. The van der Waals surface area contributed by atoms with E-state index >= 15 is 0 Å². The largest absolute Gasteiger partial charge is 0.488 e. The number of carbonyl (C=O) groups is 1. The van der Waals surface area contributed by atoms with Gasteiger partial charge in [-0.2, -0.15) is 5.26 Å². The minimum absolute atomic E-state index is 0.0193. The highest BCUT2D eigenvalue weighted by Crippen LogP contribution is 2.32. The lowest BCUT2D eigenvalue weighted by Gasteiger charge is -2.16. The van der Waals surface area contributed by atoms with Gasteiger partial charge in [0.2, 0.25) is 0 Å². The van der Waals surface area contributed by atoms with Gasteiger partial charge in [0.05, 0.1) is 12.7 Å². The maximum Gasteiger partial charge on any atom is 0.254 e. The number of rotatable bonds is 9. The summed E-state index contributed by atoms with van der Waals surface area (Å²) in [5.74, 6) is 2.08. The second-order valence-corrected chi connectivity index (χ2v) is 7.98. The van der Waals surface area contributed by atoms with E-state index in [0.717, 1.165) is 11.1 Å². The summed E-state index contributed by atoms with van der Waals surface area (Å²) in [7, 11) is 3.21. The summed E-state index contributed by atoms with van der Waals surface area (Å²) in [6.07, 6.45) is 1.54. The highest BCUT2D eigenvalue weighted by atomic mass is 16.5. The number of ether oxygens (including phenoxy) is 3. The van der Waals surface area contributed by atoms with Gasteiger partial charge in [-0.25, -0.2) is 9.97 Å². The number of benzene rings is 2. The van der Waals surface area contributed by atoms with E-state index in [1.807, 2.05) is 37.3 Å². The Morgan fingerprint density at radius 3 is 2.63 bits per heavy atom. The molecule has 178 valence electrons. The van der Waals surface area contributed by atoms with Crippen molar-refractivity contribution in [2.75, 3.05) is 27.3 Å². The van der Waals surface area contributed by atoms with Crippen molar-refractivity contribution in [2.45, 2.75) is 13.0 Å². The van der Waals surface area contributed by atoms with Crippen molar-refractivity contribution < 1.29 is 19.0 Å². The minimum atomic E-state index is -0.235. The van der Waals surface area contributed by atoms with Crippen LogP contribution in [0.15, 0.2) is 60.8 Å². The number of nitriles is 1. The molecule has 2 aromatic heterocycles. The quantitative estimate of drug-likeness (QED) is 0.359. The number of aromatic nitrogens is 3. The molecule has 0 fully saturated rings. The van der Waals surface area contributed by atoms with Crippen LogP contribution in [0.5, 0.6) is 17.2 Å². The van der Waals surface area contributed by atoms with Crippen molar-refractivity contribution in [2.24, 2.45) is 0 Å². The van der Waals surface area contributed by atoms with Crippen LogP contribution in [0.2, 0.25) is 0 Å². The van der Waals surface area contributed by atoms with Crippen molar-refractivity contribution in [3.05, 3.63) is 66.4 Å². The molecule has 1 N–H and O–H groups in total. The average molecular weight is 472 g/mol. The van der Waals surface area contributed by atoms with Gasteiger partial charge in [0.15, 0.2) is 5.65 Å². The topological polar surface area (TPSA) is 113 Å². The predicted octanol–water partition coefficient (Wildman–Crippen LogP) is 4.43. The van der Waals surface area contributed by atoms with Crippen LogP contribution in [0.1, 0.15) is 17.3 Å². The fourth-order valence-electron chi connectivity index (χ4n) is 3.52. The van der Waals surface area contributed by atoms with E-state index in [1.165, 1.54) is 4.90 Å². The van der Waals surface area contributed by atoms with Crippen LogP contribution in [0.25, 0.3) is 22.6 Å². The number of nitrogens with one attached hydrogen (secondary N) is 1. The summed E-state index contributed by atoms with van der Waals surface area (Å²) < 4.78 is 17.3. The third-order valence-electron chi connectivity index (χ3n) is 5.14. The molecule has 2 heterocycles. The van der Waals surface area contributed by atoms with Gasteiger partial charge in [0.1, 0.15) is 41.2 Å². The Hall–Kier alpha value is -4.42. The molecule has 0 unspecified atom stereocenters. The zero-order valence-electron chi connectivity index (χ0n) is 19.7. The lowest BCUT2D eigenvalue weighted by molar-refractivity contribution is 0.0812. The highest BCUT2D eigenvalue weighted by Gasteiger charge is 2.14. The molecule has 0 aliphatic rings. The van der Waals surface area contributed by atoms with E-state index in [0.29, 0.717) is 40.9 Å². The number of pyridine rings is 1. The third kappa shape index (κ3) is 5.75. The van der Waals surface area contributed by atoms with E-state index in [1.54, 1.807) is 50.7 Å². The number of hydrogen-bond donors (Lipinski definition) is 1. The molecule has 0 saturated carbocycles. The second kappa shape index (κ2) is 10.7. The van der Waals surface area contributed by atoms with E-state index in [9.17, 15) is 4.79 Å². The van der Waals surface area contributed by atoms with Crippen LogP contribution < -0.4 is 9.47 Å². The molecular formula is C26H25N5O4. The number of hydrogen-bond acceptors (Lipinski definition) is 7. The summed E-state index contributed by atoms with van der Waals surface area (Å²) in [5, 5.41) is 8.80. The number of nitrogens with zero attached hydrogens (tertiary/aromatic N) is 4. The number of H-pyrrole nitrogens is 1. The molecule has 4 rings (SSSR count). The van der Waals surface area contributed by atoms with Gasteiger partial charge in [-0.1, -0.05) is 0 Å². The van der Waals surface area contributed by atoms with Gasteiger partial charge >= 0.3 is 0 Å². The van der Waals surface area contributed by atoms with Crippen LogP contribution in [0, 0.1) is 11.3 Å². The summed E-state index contributed by atoms with van der Waals surface area (Å²) in [5.41, 5.74) is 2.68. The maximum absolute atomic E-state index is 12.4. The number of carbonyl (C=O) groups excluding carboxylic acids is 1. The molecule has 4 aromatic rings. The van der Waals surface area contributed by atoms with Crippen LogP contribution in [-0.4, -0.2) is 59.2 Å². The molecule has 1 amide bonds. The first-order valence-corrected chi connectivity index (χ1v) is 11.0. The maximum atomic E-state index is 12.4. The molecule has 0 aliphatic heterocycles. The average Bonchev–Trinajstić information content (AvgIpc) is 3.29. The fourth-order valence-corrected chi connectivity index (χ4v) is 3.52. The Balaban J connectivity index is 1.62. The Labute approximate surface area is 202 Å². The molecular weight excluding hydrogens is 446 g/mol. The van der Waals surface area contributed by atoms with Gasteiger partial charge in [0, 0.05) is 37.5 Å². The van der Waals surface area contributed by atoms with E-state index in [4.69, 9.17) is 19.5 Å². The number of fused-ring (bicyclic) bond motifs is 1. The molecule has 0 bridgehead atoms. The number of imidazole rings is 1. The predicted molar refractivity (Wildman–Crippen MR) is 130 cm³/mol. The van der Waals surface area contributed by atoms with Crippen molar-refractivity contribution >= 4 is 17.1 Å². The number of methoxy groups -OCH3 is 1. The van der Waals surface area contributed by atoms with Gasteiger partial charge in [-0.15, -0.1) is 0 Å². The Kier molecular flexibility index (Phi) is 7.24. The van der Waals surface area contributed by atoms with Crippen LogP contribution in [0.3, 0.4) is 0 Å². The molecule has 0 saturated heterocycles. The molecule has 0 radical (unpaired) electrons. The molecule has 1 atom stereocenters. The summed E-state index contributed by atoms with van der Waals surface area (Å²) in [6.45, 7) is 2.37. The lowest BCUT2D eigenvalue weighted by atomic mass is 10.1. The van der Waals surface area contributed by atoms with Gasteiger partial charge < -0.3 is 24.1 Å². The monoisotopic (exact) mass is 471 g/mol. The first-order valence-electron chi connectivity index (χ1n) is 11.0. The van der Waals surface area contributed by atoms with Gasteiger partial charge in [0.25, 0.3) is 5.91 Å². The van der Waals surface area contributed by atoms with E-state index in [2.05, 4.69) is 15.0 Å². The van der Waals surface area contributed by atoms with Crippen LogP contribution >= 0.6 is 0 Å². The smallest absolute Gasteiger partial charge is 0.254 e. The molecule has 0 spiro atoms. The summed E-state index contributed by atoms with van der Waals surface area (Å²) in [4.78, 5) is 25.9. The Morgan fingerprint density at radius 1 is 1.14 bits per heavy atom. The fraction of sp³-hybridized carbons (Fsp3) is 0.231. The zero-order chi connectivity index (χ0) is 24.8. The lowest BCUT2D eigenvalue weighted by Crippen LogP contribution is -2.26. The normalized spacial score (nSPS) is 11.6. The molecule has 2 aromatic carbocycles. The molecule has 0 aliphatic carbocycles. The highest BCUT2D eigenvalue weighted by molar-refractivity contribution is 5.94. The van der Waals surface area contributed by atoms with Gasteiger partial charge in [-0.3, -0.25) is 4.79 Å². The van der Waals surface area contributed by atoms with Crippen LogP contribution in [0.4, 0.5) is 0 Å². The number of amides is 1. The Morgan fingerprint density at radius 2 is 1.91 bits per heavy atom. The Bertz CT molecular complexity index is 1330. The van der Waals surface area contributed by atoms with E-state index in [-0.39, 0.29) is 18.6 Å². The van der Waals surface area contributed by atoms with Crippen molar-refractivity contribution in [1.29, 1.82) is 5.26 Å². The van der Waals surface area contributed by atoms with Crippen LogP contribution in [-0.2, 0) is 4.74 Å². The number of aromatic amines is 1. The van der Waals surface area contributed by atoms with Crippen molar-refractivity contribution in [3.63, 3.8) is 0 Å². The van der Waals surface area contributed by atoms with Gasteiger partial charge in [-0.05, 0) is 55.5 Å². The molecule has 9 nitrogen and oxygen atoms in total. The summed E-state index contributed by atoms with van der Waals surface area (Å²) >= 11 is 0. The van der Waals surface area contributed by atoms with Crippen molar-refractivity contribution in [1.82, 2.24) is 19.9 Å². The zero-order valence-corrected chi connectivity index (χ0v) is 19.7. The first-order chi connectivity index (χ1) is 17.0. The molecule has 35 heavy (non-hydrogen) atoms. The van der Waals surface area contributed by atoms with E-state index < -0.39 is 0 Å². The SMILES string of the molecule is COC[C@H](C)Oc1cc(Oc2ccc(C(=O)N(C)CC#N)cc2)cc(-c2nc3cccnc3[nH]2)c1. The summed E-state index contributed by atoms with van der Waals surface area (Å²) in [6, 6.07) is 17.9. The minimum Gasteiger partial charge on any atom is -0.488 e.